The molecule has 2 N–H and O–H groups in total. The van der Waals surface area contributed by atoms with Gasteiger partial charge in [-0.1, -0.05) is 26.2 Å². The lowest BCUT2D eigenvalue weighted by Gasteiger charge is -2.31. The molecule has 2 rings (SSSR count). The third kappa shape index (κ3) is 4.81. The normalized spacial score (nSPS) is 16.3. The van der Waals surface area contributed by atoms with Crippen LogP contribution in [0.15, 0.2) is 0 Å². The number of amides is 1. The van der Waals surface area contributed by atoms with Crippen molar-refractivity contribution in [1.29, 1.82) is 0 Å². The maximum Gasteiger partial charge on any atom is 0.290 e. The molecule has 1 aliphatic carbocycles. The number of aromatic nitrogens is 3. The third-order valence-electron chi connectivity index (χ3n) is 4.24. The van der Waals surface area contributed by atoms with E-state index in [1.54, 1.807) is 0 Å². The zero-order valence-electron chi connectivity index (χ0n) is 13.2. The highest BCUT2D eigenvalue weighted by molar-refractivity contribution is 5.90. The van der Waals surface area contributed by atoms with Gasteiger partial charge in [0.05, 0.1) is 0 Å². The minimum atomic E-state index is -0.189. The molecule has 1 fully saturated rings. The van der Waals surface area contributed by atoms with Crippen molar-refractivity contribution in [3.8, 4) is 0 Å². The van der Waals surface area contributed by atoms with Gasteiger partial charge >= 0.3 is 0 Å². The highest BCUT2D eigenvalue weighted by Gasteiger charge is 2.17. The molecule has 118 valence electrons. The molecule has 0 bridgehead atoms. The monoisotopic (exact) mass is 293 g/mol. The molecule has 0 atom stereocenters. The topological polar surface area (TPSA) is 73.9 Å². The Morgan fingerprint density at radius 3 is 2.81 bits per heavy atom. The average Bonchev–Trinajstić information content (AvgIpc) is 3.01. The minimum absolute atomic E-state index is 0.189. The predicted octanol–water partition coefficient (Wildman–Crippen LogP) is 1.75. The smallest absolute Gasteiger partial charge is 0.290 e. The van der Waals surface area contributed by atoms with E-state index in [4.69, 9.17) is 0 Å². The molecule has 1 aliphatic rings. The van der Waals surface area contributed by atoms with E-state index in [1.807, 2.05) is 6.92 Å². The van der Waals surface area contributed by atoms with Crippen LogP contribution in [0.5, 0.6) is 0 Å². The van der Waals surface area contributed by atoms with Gasteiger partial charge in [-0.05, 0) is 32.9 Å². The number of rotatable bonds is 7. The van der Waals surface area contributed by atoms with E-state index < -0.39 is 0 Å². The molecule has 0 saturated heterocycles. The molecule has 0 radical (unpaired) electrons. The molecule has 1 saturated carbocycles. The van der Waals surface area contributed by atoms with Gasteiger partial charge in [-0.15, -0.1) is 5.10 Å². The molecular weight excluding hydrogens is 266 g/mol. The van der Waals surface area contributed by atoms with Crippen molar-refractivity contribution < 1.29 is 4.79 Å². The minimum Gasteiger partial charge on any atom is -0.349 e. The van der Waals surface area contributed by atoms with Crippen LogP contribution in [0, 0.1) is 0 Å². The van der Waals surface area contributed by atoms with E-state index in [1.165, 1.54) is 32.1 Å². The van der Waals surface area contributed by atoms with E-state index in [-0.39, 0.29) is 11.7 Å². The molecular formula is C15H27N5O. The van der Waals surface area contributed by atoms with Crippen LogP contribution in [-0.4, -0.2) is 52.2 Å². The summed E-state index contributed by atoms with van der Waals surface area (Å²) >= 11 is 0. The lowest BCUT2D eigenvalue weighted by molar-refractivity contribution is 0.0940. The molecule has 6 heteroatoms. The Balaban J connectivity index is 1.63. The van der Waals surface area contributed by atoms with Crippen molar-refractivity contribution in [3.63, 3.8) is 0 Å². The van der Waals surface area contributed by atoms with Crippen LogP contribution < -0.4 is 5.32 Å². The molecule has 21 heavy (non-hydrogen) atoms. The molecule has 1 amide bonds. The second-order valence-corrected chi connectivity index (χ2v) is 5.84. The Morgan fingerprint density at radius 1 is 1.38 bits per heavy atom. The van der Waals surface area contributed by atoms with Crippen molar-refractivity contribution in [2.45, 2.75) is 57.9 Å². The zero-order chi connectivity index (χ0) is 15.1. The Morgan fingerprint density at radius 2 is 2.14 bits per heavy atom. The van der Waals surface area contributed by atoms with E-state index in [2.05, 4.69) is 32.4 Å². The summed E-state index contributed by atoms with van der Waals surface area (Å²) in [7, 11) is 2.20. The van der Waals surface area contributed by atoms with E-state index in [0.29, 0.717) is 6.54 Å². The number of hydrogen-bond donors (Lipinski definition) is 2. The number of carbonyl (C=O) groups excluding carboxylic acids is 1. The number of nitrogens with one attached hydrogen (secondary N) is 2. The summed E-state index contributed by atoms with van der Waals surface area (Å²) in [6.45, 7) is 3.67. The van der Waals surface area contributed by atoms with Crippen molar-refractivity contribution >= 4 is 5.91 Å². The van der Waals surface area contributed by atoms with Crippen LogP contribution in [0.3, 0.4) is 0 Å². The number of hydrogen-bond acceptors (Lipinski definition) is 4. The summed E-state index contributed by atoms with van der Waals surface area (Å²) in [5.41, 5.74) is 0. The first-order valence-corrected chi connectivity index (χ1v) is 8.10. The van der Waals surface area contributed by atoms with Crippen molar-refractivity contribution in [3.05, 3.63) is 11.6 Å². The van der Waals surface area contributed by atoms with E-state index in [0.717, 1.165) is 31.3 Å². The van der Waals surface area contributed by atoms with Crippen LogP contribution >= 0.6 is 0 Å². The van der Waals surface area contributed by atoms with Gasteiger partial charge in [0.2, 0.25) is 5.82 Å². The first-order valence-electron chi connectivity index (χ1n) is 8.10. The van der Waals surface area contributed by atoms with Gasteiger partial charge in [-0.2, -0.15) is 0 Å². The number of aromatic amines is 1. The van der Waals surface area contributed by atoms with E-state index in [9.17, 15) is 4.79 Å². The molecule has 0 unspecified atom stereocenters. The van der Waals surface area contributed by atoms with Gasteiger partial charge in [-0.3, -0.25) is 9.89 Å². The van der Waals surface area contributed by atoms with Crippen LogP contribution in [0.4, 0.5) is 0 Å². The highest BCUT2D eigenvalue weighted by atomic mass is 16.2. The lowest BCUT2D eigenvalue weighted by atomic mass is 9.94. The Labute approximate surface area is 126 Å². The second kappa shape index (κ2) is 8.12. The van der Waals surface area contributed by atoms with Gasteiger partial charge in [0, 0.05) is 19.0 Å². The highest BCUT2D eigenvalue weighted by Crippen LogP contribution is 2.21. The first-order chi connectivity index (χ1) is 10.2. The summed E-state index contributed by atoms with van der Waals surface area (Å²) in [4.78, 5) is 18.4. The Kier molecular flexibility index (Phi) is 6.17. The van der Waals surface area contributed by atoms with Crippen LogP contribution in [0.25, 0.3) is 0 Å². The van der Waals surface area contributed by atoms with Gasteiger partial charge < -0.3 is 10.2 Å². The molecule has 6 nitrogen and oxygen atoms in total. The summed E-state index contributed by atoms with van der Waals surface area (Å²) < 4.78 is 0. The van der Waals surface area contributed by atoms with Gasteiger partial charge in [0.1, 0.15) is 5.82 Å². The number of H-pyrrole nitrogens is 1. The second-order valence-electron chi connectivity index (χ2n) is 5.84. The van der Waals surface area contributed by atoms with Crippen LogP contribution in [0.2, 0.25) is 0 Å². The van der Waals surface area contributed by atoms with Crippen molar-refractivity contribution in [2.24, 2.45) is 0 Å². The number of nitrogens with zero attached hydrogens (tertiary/aromatic N) is 3. The summed E-state index contributed by atoms with van der Waals surface area (Å²) in [6, 6.07) is 0.731. The lowest BCUT2D eigenvalue weighted by Crippen LogP contribution is -2.36. The van der Waals surface area contributed by atoms with Crippen LogP contribution in [-0.2, 0) is 6.42 Å². The van der Waals surface area contributed by atoms with Crippen molar-refractivity contribution in [1.82, 2.24) is 25.4 Å². The molecule has 1 aromatic heterocycles. The molecule has 0 aromatic carbocycles. The van der Waals surface area contributed by atoms with E-state index >= 15 is 0 Å². The quantitative estimate of drug-likeness (QED) is 0.751. The largest absolute Gasteiger partial charge is 0.349 e. The zero-order valence-corrected chi connectivity index (χ0v) is 13.2. The maximum atomic E-state index is 11.9. The summed E-state index contributed by atoms with van der Waals surface area (Å²) in [6.07, 6.45) is 8.46. The molecule has 0 aliphatic heterocycles. The fraction of sp³-hybridized carbons (Fsp3) is 0.800. The Hall–Kier alpha value is -1.43. The van der Waals surface area contributed by atoms with Crippen molar-refractivity contribution in [2.75, 3.05) is 20.1 Å². The summed E-state index contributed by atoms with van der Waals surface area (Å²) in [5, 5.41) is 9.56. The maximum absolute atomic E-state index is 11.9. The predicted molar refractivity (Wildman–Crippen MR) is 82.2 cm³/mol. The Bertz CT molecular complexity index is 439. The molecule has 1 aromatic rings. The van der Waals surface area contributed by atoms with Crippen LogP contribution in [0.1, 0.15) is 61.9 Å². The molecule has 0 spiro atoms. The average molecular weight is 293 g/mol. The summed E-state index contributed by atoms with van der Waals surface area (Å²) in [5.74, 6) is 0.802. The first kappa shape index (κ1) is 15.9. The number of aryl methyl sites for hydroxylation is 1. The van der Waals surface area contributed by atoms with Gasteiger partial charge in [0.15, 0.2) is 0 Å². The van der Waals surface area contributed by atoms with Gasteiger partial charge in [-0.25, -0.2) is 4.98 Å². The SMILES string of the molecule is CCc1nc(C(=O)NCCCN(C)C2CCCCC2)n[nH]1. The standard InChI is InChI=1S/C15H27N5O/c1-3-13-17-14(19-18-13)15(21)16-10-7-11-20(2)12-8-5-4-6-9-12/h12H,3-11H2,1-2H3,(H,16,21)(H,17,18,19). The third-order valence-corrected chi connectivity index (χ3v) is 4.24. The molecule has 1 heterocycles. The number of carbonyl (C=O) groups is 1. The fourth-order valence-corrected chi connectivity index (χ4v) is 2.87. The van der Waals surface area contributed by atoms with Gasteiger partial charge in [0.25, 0.3) is 5.91 Å². The fourth-order valence-electron chi connectivity index (χ4n) is 2.87.